The Hall–Kier alpha value is -2.20. The van der Waals surface area contributed by atoms with Crippen LogP contribution in [0.5, 0.6) is 0 Å². The summed E-state index contributed by atoms with van der Waals surface area (Å²) in [6.07, 6.45) is 7.82. The molecular formula is C21H26N2O2. The van der Waals surface area contributed by atoms with Crippen LogP contribution in [0.15, 0.2) is 47.6 Å². The first kappa shape index (κ1) is 17.6. The molecule has 132 valence electrons. The molecule has 3 rings (SSSR count). The fraction of sp³-hybridized carbons (Fsp3) is 0.429. The lowest BCUT2D eigenvalue weighted by Gasteiger charge is -2.18. The number of hydrogen-bond acceptors (Lipinski definition) is 3. The van der Waals surface area contributed by atoms with E-state index >= 15 is 0 Å². The maximum atomic E-state index is 13.0. The number of pyridine rings is 1. The van der Waals surface area contributed by atoms with Crippen molar-refractivity contribution < 1.29 is 9.53 Å². The van der Waals surface area contributed by atoms with E-state index in [1.807, 2.05) is 49.5 Å². The second-order valence-electron chi connectivity index (χ2n) is 6.79. The Morgan fingerprint density at radius 3 is 2.76 bits per heavy atom. The van der Waals surface area contributed by atoms with Gasteiger partial charge in [0.25, 0.3) is 5.91 Å². The van der Waals surface area contributed by atoms with Crippen molar-refractivity contribution in [1.82, 2.24) is 4.57 Å². The van der Waals surface area contributed by atoms with Crippen molar-refractivity contribution in [3.63, 3.8) is 0 Å². The van der Waals surface area contributed by atoms with Gasteiger partial charge in [-0.2, -0.15) is 0 Å². The number of carbonyl (C=O) groups excluding carboxylic acids is 1. The van der Waals surface area contributed by atoms with Crippen LogP contribution in [0.3, 0.4) is 0 Å². The summed E-state index contributed by atoms with van der Waals surface area (Å²) in [5.74, 6) is -0.0486. The highest BCUT2D eigenvalue weighted by Gasteiger charge is 2.14. The Balaban J connectivity index is 1.97. The second kappa shape index (κ2) is 8.26. The third-order valence-electron chi connectivity index (χ3n) is 4.68. The third kappa shape index (κ3) is 4.45. The van der Waals surface area contributed by atoms with Gasteiger partial charge in [-0.1, -0.05) is 31.4 Å². The molecule has 1 aliphatic rings. The van der Waals surface area contributed by atoms with Gasteiger partial charge in [0.1, 0.15) is 5.49 Å². The lowest BCUT2D eigenvalue weighted by atomic mass is 9.96. The molecule has 1 aliphatic carbocycles. The third-order valence-corrected chi connectivity index (χ3v) is 4.68. The summed E-state index contributed by atoms with van der Waals surface area (Å²) in [5.41, 5.74) is 3.52. The van der Waals surface area contributed by atoms with Crippen LogP contribution in [0, 0.1) is 6.92 Å². The molecule has 4 heteroatoms. The van der Waals surface area contributed by atoms with E-state index in [1.54, 1.807) is 11.7 Å². The maximum absolute atomic E-state index is 13.0. The number of aromatic nitrogens is 1. The monoisotopic (exact) mass is 338 g/mol. The highest BCUT2D eigenvalue weighted by atomic mass is 16.5. The van der Waals surface area contributed by atoms with Gasteiger partial charge in [-0.05, 0) is 55.2 Å². The summed E-state index contributed by atoms with van der Waals surface area (Å²) in [5, 5.41) is 0. The van der Waals surface area contributed by atoms with E-state index in [0.717, 1.165) is 29.5 Å². The molecule has 1 aromatic carbocycles. The molecule has 1 heterocycles. The second-order valence-corrected chi connectivity index (χ2v) is 6.79. The normalized spacial score (nSPS) is 16.2. The average Bonchev–Trinajstić information content (AvgIpc) is 2.63. The molecule has 0 amide bonds. The molecule has 25 heavy (non-hydrogen) atoms. The first-order valence-corrected chi connectivity index (χ1v) is 9.03. The van der Waals surface area contributed by atoms with Gasteiger partial charge in [0.2, 0.25) is 0 Å². The van der Waals surface area contributed by atoms with Gasteiger partial charge in [0, 0.05) is 18.9 Å². The lowest BCUT2D eigenvalue weighted by Crippen LogP contribution is -2.29. The van der Waals surface area contributed by atoms with Crippen LogP contribution in [-0.4, -0.2) is 23.6 Å². The Morgan fingerprint density at radius 1 is 1.20 bits per heavy atom. The van der Waals surface area contributed by atoms with E-state index in [0.29, 0.717) is 18.2 Å². The van der Waals surface area contributed by atoms with Gasteiger partial charge in [0.05, 0.1) is 12.6 Å². The molecule has 0 N–H and O–H groups in total. The van der Waals surface area contributed by atoms with E-state index < -0.39 is 0 Å². The summed E-state index contributed by atoms with van der Waals surface area (Å²) in [4.78, 5) is 17.9. The Bertz CT molecular complexity index is 802. The highest BCUT2D eigenvalue weighted by Crippen LogP contribution is 2.19. The summed E-state index contributed by atoms with van der Waals surface area (Å²) in [7, 11) is 1.66. The SMILES string of the molecule is COCc1cccc(C(=O)n2ccc(C)cc2=NC2CCCCC2)c1. The quantitative estimate of drug-likeness (QED) is 0.849. The Kier molecular flexibility index (Phi) is 5.82. The van der Waals surface area contributed by atoms with Crippen LogP contribution in [0.2, 0.25) is 0 Å². The van der Waals surface area contributed by atoms with E-state index in [1.165, 1.54) is 19.3 Å². The molecule has 1 fully saturated rings. The van der Waals surface area contributed by atoms with Gasteiger partial charge < -0.3 is 4.74 Å². The lowest BCUT2D eigenvalue weighted by molar-refractivity contribution is 0.0954. The summed E-state index contributed by atoms with van der Waals surface area (Å²) < 4.78 is 6.85. The molecule has 0 bridgehead atoms. The number of methoxy groups -OCH3 is 1. The maximum Gasteiger partial charge on any atom is 0.263 e. The summed E-state index contributed by atoms with van der Waals surface area (Å²) in [6.45, 7) is 2.53. The molecule has 1 aromatic heterocycles. The number of carbonyl (C=O) groups is 1. The number of ether oxygens (including phenoxy) is 1. The van der Waals surface area contributed by atoms with E-state index in [9.17, 15) is 4.79 Å². The fourth-order valence-electron chi connectivity index (χ4n) is 3.36. The van der Waals surface area contributed by atoms with Crippen molar-refractivity contribution in [3.05, 3.63) is 64.8 Å². The van der Waals surface area contributed by atoms with Crippen LogP contribution in [0.4, 0.5) is 0 Å². The molecule has 1 saturated carbocycles. The van der Waals surface area contributed by atoms with Crippen molar-refractivity contribution >= 4 is 5.91 Å². The molecule has 2 aromatic rings. The minimum absolute atomic E-state index is 0.0486. The van der Waals surface area contributed by atoms with Crippen molar-refractivity contribution in [1.29, 1.82) is 0 Å². The van der Waals surface area contributed by atoms with Gasteiger partial charge >= 0.3 is 0 Å². The molecule has 0 spiro atoms. The van der Waals surface area contributed by atoms with Crippen molar-refractivity contribution in [2.45, 2.75) is 51.7 Å². The zero-order chi connectivity index (χ0) is 17.6. The van der Waals surface area contributed by atoms with Crippen LogP contribution >= 0.6 is 0 Å². The van der Waals surface area contributed by atoms with E-state index in [-0.39, 0.29) is 5.91 Å². The first-order chi connectivity index (χ1) is 12.2. The van der Waals surface area contributed by atoms with Crippen molar-refractivity contribution in [3.8, 4) is 0 Å². The van der Waals surface area contributed by atoms with Gasteiger partial charge in [0.15, 0.2) is 0 Å². The van der Waals surface area contributed by atoms with Gasteiger partial charge in [-0.15, -0.1) is 0 Å². The molecule has 0 radical (unpaired) electrons. The van der Waals surface area contributed by atoms with Gasteiger partial charge in [-0.3, -0.25) is 14.4 Å². The number of hydrogen-bond donors (Lipinski definition) is 0. The van der Waals surface area contributed by atoms with Crippen molar-refractivity contribution in [2.24, 2.45) is 4.99 Å². The van der Waals surface area contributed by atoms with Crippen LogP contribution in [-0.2, 0) is 11.3 Å². The minimum atomic E-state index is -0.0486. The van der Waals surface area contributed by atoms with E-state index in [2.05, 4.69) is 0 Å². The summed E-state index contributed by atoms with van der Waals surface area (Å²) >= 11 is 0. The van der Waals surface area contributed by atoms with Crippen LogP contribution in [0.25, 0.3) is 0 Å². The molecule has 0 saturated heterocycles. The highest BCUT2D eigenvalue weighted by molar-refractivity contribution is 5.95. The van der Waals surface area contributed by atoms with Crippen LogP contribution < -0.4 is 5.49 Å². The standard InChI is InChI=1S/C21H26N2O2/c1-16-11-12-23(20(13-16)22-19-9-4-3-5-10-19)21(24)18-8-6-7-17(14-18)15-25-2/h6-8,11-14,19H,3-5,9-10,15H2,1-2H3. The minimum Gasteiger partial charge on any atom is -0.380 e. The number of aryl methyl sites for hydroxylation is 1. The average molecular weight is 338 g/mol. The zero-order valence-corrected chi connectivity index (χ0v) is 15.1. The molecule has 4 nitrogen and oxygen atoms in total. The topological polar surface area (TPSA) is 43.6 Å². The summed E-state index contributed by atoms with van der Waals surface area (Å²) in [6, 6.07) is 11.9. The predicted octanol–water partition coefficient (Wildman–Crippen LogP) is 3.86. The van der Waals surface area contributed by atoms with Gasteiger partial charge in [-0.25, -0.2) is 0 Å². The number of nitrogens with zero attached hydrogens (tertiary/aromatic N) is 2. The Morgan fingerprint density at radius 2 is 2.00 bits per heavy atom. The smallest absolute Gasteiger partial charge is 0.263 e. The largest absolute Gasteiger partial charge is 0.380 e. The number of rotatable bonds is 4. The van der Waals surface area contributed by atoms with Crippen molar-refractivity contribution in [2.75, 3.05) is 7.11 Å². The first-order valence-electron chi connectivity index (χ1n) is 9.03. The number of benzene rings is 1. The molecule has 0 aliphatic heterocycles. The molecule has 0 unspecified atom stereocenters. The molecule has 0 atom stereocenters. The predicted molar refractivity (Wildman–Crippen MR) is 98.5 cm³/mol. The molecular weight excluding hydrogens is 312 g/mol. The van der Waals surface area contributed by atoms with E-state index in [4.69, 9.17) is 9.73 Å². The van der Waals surface area contributed by atoms with Crippen LogP contribution in [0.1, 0.15) is 53.6 Å². The fourth-order valence-corrected chi connectivity index (χ4v) is 3.36. The Labute approximate surface area is 149 Å². The zero-order valence-electron chi connectivity index (χ0n) is 15.1.